The number of carbonyl (C=O) groups is 1. The van der Waals surface area contributed by atoms with Crippen LogP contribution in [0.1, 0.15) is 58.8 Å². The Hall–Kier alpha value is -0.280. The van der Waals surface area contributed by atoms with Gasteiger partial charge < -0.3 is 10.6 Å². The molecule has 0 aromatic carbocycles. The molecule has 1 amide bonds. The summed E-state index contributed by atoms with van der Waals surface area (Å²) in [5.41, 5.74) is 5.80. The lowest BCUT2D eigenvalue weighted by Crippen LogP contribution is -2.55. The first-order valence-electron chi connectivity index (χ1n) is 7.59. The fourth-order valence-corrected chi connectivity index (χ4v) is 3.59. The Morgan fingerprint density at radius 3 is 2.53 bits per heavy atom. The van der Waals surface area contributed by atoms with Crippen molar-refractivity contribution in [1.82, 2.24) is 4.90 Å². The van der Waals surface area contributed by atoms with Gasteiger partial charge in [-0.1, -0.05) is 33.1 Å². The minimum absolute atomic E-state index is 0. The first-order chi connectivity index (χ1) is 8.51. The summed E-state index contributed by atoms with van der Waals surface area (Å²) in [6, 6.07) is 0. The van der Waals surface area contributed by atoms with Gasteiger partial charge in [0, 0.05) is 13.1 Å². The normalized spacial score (nSPS) is 26.3. The van der Waals surface area contributed by atoms with E-state index in [2.05, 4.69) is 13.8 Å². The number of rotatable bonds is 3. The third-order valence-electron chi connectivity index (χ3n) is 4.55. The minimum Gasteiger partial charge on any atom is -0.341 e. The zero-order valence-electron chi connectivity index (χ0n) is 12.4. The molecule has 1 unspecified atom stereocenters. The Labute approximate surface area is 123 Å². The minimum atomic E-state index is -0.537. The summed E-state index contributed by atoms with van der Waals surface area (Å²) in [6.45, 7) is 6.39. The fourth-order valence-electron chi connectivity index (χ4n) is 3.59. The van der Waals surface area contributed by atoms with Crippen LogP contribution in [-0.2, 0) is 4.79 Å². The molecule has 4 heteroatoms. The number of halogens is 1. The second kappa shape index (κ2) is 6.94. The molecule has 0 spiro atoms. The lowest BCUT2D eigenvalue weighted by atomic mass is 9.81. The average Bonchev–Trinajstić information content (AvgIpc) is 2.76. The maximum atomic E-state index is 12.6. The highest BCUT2D eigenvalue weighted by Crippen LogP contribution is 2.31. The van der Waals surface area contributed by atoms with Crippen molar-refractivity contribution >= 4 is 18.3 Å². The van der Waals surface area contributed by atoms with Crippen LogP contribution in [0.15, 0.2) is 0 Å². The van der Waals surface area contributed by atoms with E-state index in [4.69, 9.17) is 5.73 Å². The zero-order chi connectivity index (χ0) is 13.2. The number of hydrogen-bond donors (Lipinski definition) is 1. The highest BCUT2D eigenvalue weighted by molar-refractivity contribution is 5.86. The van der Waals surface area contributed by atoms with Gasteiger partial charge in [-0.3, -0.25) is 4.79 Å². The summed E-state index contributed by atoms with van der Waals surface area (Å²) in [5, 5.41) is 0. The number of hydrogen-bond acceptors (Lipinski definition) is 2. The number of nitrogens with two attached hydrogens (primary N) is 1. The highest BCUT2D eigenvalue weighted by Gasteiger charge is 2.40. The molecule has 3 nitrogen and oxygen atoms in total. The Morgan fingerprint density at radius 2 is 1.95 bits per heavy atom. The average molecular weight is 289 g/mol. The van der Waals surface area contributed by atoms with Crippen molar-refractivity contribution in [2.24, 2.45) is 17.6 Å². The van der Waals surface area contributed by atoms with Crippen molar-refractivity contribution in [2.75, 3.05) is 13.1 Å². The second-order valence-electron chi connectivity index (χ2n) is 6.75. The molecule has 1 aliphatic heterocycles. The molecule has 0 aromatic heterocycles. The SMILES string of the molecule is CC(C)CC1CCN(C(=O)C2(N)CCCCC2)C1.Cl. The Bertz CT molecular complexity index is 301. The molecule has 0 aromatic rings. The van der Waals surface area contributed by atoms with Gasteiger partial charge in [0.1, 0.15) is 0 Å². The zero-order valence-corrected chi connectivity index (χ0v) is 13.2. The van der Waals surface area contributed by atoms with Crippen LogP contribution in [0, 0.1) is 11.8 Å². The summed E-state index contributed by atoms with van der Waals surface area (Å²) in [7, 11) is 0. The molecule has 0 bridgehead atoms. The van der Waals surface area contributed by atoms with Gasteiger partial charge >= 0.3 is 0 Å². The predicted molar refractivity (Wildman–Crippen MR) is 81.4 cm³/mol. The van der Waals surface area contributed by atoms with E-state index in [1.165, 1.54) is 19.3 Å². The molecule has 1 saturated heterocycles. The Balaban J connectivity index is 0.00000180. The maximum absolute atomic E-state index is 12.6. The smallest absolute Gasteiger partial charge is 0.242 e. The van der Waals surface area contributed by atoms with E-state index in [9.17, 15) is 4.79 Å². The van der Waals surface area contributed by atoms with E-state index in [0.29, 0.717) is 5.92 Å². The Morgan fingerprint density at radius 1 is 1.32 bits per heavy atom. The van der Waals surface area contributed by atoms with E-state index in [1.807, 2.05) is 4.90 Å². The molecular weight excluding hydrogens is 260 g/mol. The van der Waals surface area contributed by atoms with Gasteiger partial charge in [-0.15, -0.1) is 12.4 Å². The van der Waals surface area contributed by atoms with E-state index in [0.717, 1.165) is 44.7 Å². The van der Waals surface area contributed by atoms with Crippen LogP contribution in [0.4, 0.5) is 0 Å². The van der Waals surface area contributed by atoms with Crippen molar-refractivity contribution < 1.29 is 4.79 Å². The van der Waals surface area contributed by atoms with Crippen molar-refractivity contribution in [3.8, 4) is 0 Å². The lowest BCUT2D eigenvalue weighted by Gasteiger charge is -2.35. The van der Waals surface area contributed by atoms with Crippen LogP contribution in [0.3, 0.4) is 0 Å². The molecule has 112 valence electrons. The fraction of sp³-hybridized carbons (Fsp3) is 0.933. The largest absolute Gasteiger partial charge is 0.341 e. The quantitative estimate of drug-likeness (QED) is 0.868. The van der Waals surface area contributed by atoms with Gasteiger partial charge in [0.15, 0.2) is 0 Å². The number of amides is 1. The summed E-state index contributed by atoms with van der Waals surface area (Å²) >= 11 is 0. The summed E-state index contributed by atoms with van der Waals surface area (Å²) in [4.78, 5) is 14.6. The number of carbonyl (C=O) groups excluding carboxylic acids is 1. The molecule has 1 aliphatic carbocycles. The number of likely N-dealkylation sites (tertiary alicyclic amines) is 1. The van der Waals surface area contributed by atoms with Crippen LogP contribution in [0.2, 0.25) is 0 Å². The first kappa shape index (κ1) is 16.8. The van der Waals surface area contributed by atoms with E-state index < -0.39 is 5.54 Å². The molecule has 2 rings (SSSR count). The van der Waals surface area contributed by atoms with Crippen LogP contribution in [0.5, 0.6) is 0 Å². The molecule has 1 saturated carbocycles. The molecule has 1 atom stereocenters. The van der Waals surface area contributed by atoms with Crippen LogP contribution in [0.25, 0.3) is 0 Å². The van der Waals surface area contributed by atoms with E-state index in [1.54, 1.807) is 0 Å². The van der Waals surface area contributed by atoms with Gasteiger partial charge in [-0.25, -0.2) is 0 Å². The van der Waals surface area contributed by atoms with E-state index in [-0.39, 0.29) is 18.3 Å². The van der Waals surface area contributed by atoms with Crippen molar-refractivity contribution in [1.29, 1.82) is 0 Å². The highest BCUT2D eigenvalue weighted by atomic mass is 35.5. The van der Waals surface area contributed by atoms with Gasteiger partial charge in [-0.2, -0.15) is 0 Å². The van der Waals surface area contributed by atoms with Crippen LogP contribution in [-0.4, -0.2) is 29.4 Å². The third-order valence-corrected chi connectivity index (χ3v) is 4.55. The Kier molecular flexibility index (Phi) is 6.13. The van der Waals surface area contributed by atoms with Gasteiger partial charge in [-0.05, 0) is 37.5 Å². The second-order valence-corrected chi connectivity index (χ2v) is 6.75. The molecule has 2 N–H and O–H groups in total. The van der Waals surface area contributed by atoms with Crippen molar-refractivity contribution in [2.45, 2.75) is 64.3 Å². The van der Waals surface area contributed by atoms with Gasteiger partial charge in [0.05, 0.1) is 5.54 Å². The van der Waals surface area contributed by atoms with Crippen LogP contribution >= 0.6 is 12.4 Å². The van der Waals surface area contributed by atoms with Crippen molar-refractivity contribution in [3.05, 3.63) is 0 Å². The molecule has 2 aliphatic rings. The van der Waals surface area contributed by atoms with Crippen LogP contribution < -0.4 is 5.73 Å². The molecule has 19 heavy (non-hydrogen) atoms. The predicted octanol–water partition coefficient (Wildman–Crippen LogP) is 2.96. The summed E-state index contributed by atoms with van der Waals surface area (Å²) in [6.07, 6.45) is 7.65. The van der Waals surface area contributed by atoms with Gasteiger partial charge in [0.2, 0.25) is 5.91 Å². The lowest BCUT2D eigenvalue weighted by molar-refractivity contribution is -0.137. The topological polar surface area (TPSA) is 46.3 Å². The van der Waals surface area contributed by atoms with Gasteiger partial charge in [0.25, 0.3) is 0 Å². The molecular formula is C15H29ClN2O. The molecule has 1 heterocycles. The number of nitrogens with zero attached hydrogens (tertiary/aromatic N) is 1. The molecule has 0 radical (unpaired) electrons. The maximum Gasteiger partial charge on any atom is 0.242 e. The first-order valence-corrected chi connectivity index (χ1v) is 7.59. The summed E-state index contributed by atoms with van der Waals surface area (Å²) in [5.74, 6) is 1.65. The van der Waals surface area contributed by atoms with E-state index >= 15 is 0 Å². The molecule has 2 fully saturated rings. The third kappa shape index (κ3) is 4.09. The monoisotopic (exact) mass is 288 g/mol. The van der Waals surface area contributed by atoms with Crippen molar-refractivity contribution in [3.63, 3.8) is 0 Å². The summed E-state index contributed by atoms with van der Waals surface area (Å²) < 4.78 is 0. The standard InChI is InChI=1S/C15H28N2O.ClH/c1-12(2)10-13-6-9-17(11-13)14(18)15(16)7-4-3-5-8-15;/h12-13H,3-11,16H2,1-2H3;1H.